The van der Waals surface area contributed by atoms with E-state index in [4.69, 9.17) is 0 Å². The van der Waals surface area contributed by atoms with Gasteiger partial charge in [0.2, 0.25) is 0 Å². The molecule has 4 nitrogen and oxygen atoms in total. The molecule has 0 bridgehead atoms. The summed E-state index contributed by atoms with van der Waals surface area (Å²) in [6, 6.07) is 11.9. The number of nitrogens with one attached hydrogen (secondary N) is 2. The molecule has 98 valence electrons. The first-order valence-corrected chi connectivity index (χ1v) is 6.47. The summed E-state index contributed by atoms with van der Waals surface area (Å²) in [7, 11) is 0. The van der Waals surface area contributed by atoms with Crippen LogP contribution < -0.4 is 10.6 Å². The van der Waals surface area contributed by atoms with Crippen LogP contribution >= 0.6 is 15.9 Å². The number of amides is 2. The molecule has 0 aliphatic rings. The number of phenols is 1. The molecule has 5 heteroatoms. The SMILES string of the molecule is Cc1ccc(NC(=O)Nc2ccc(Br)cc2)c(O)c1. The molecule has 0 radical (unpaired) electrons. The third-order valence-electron chi connectivity index (χ3n) is 2.50. The van der Waals surface area contributed by atoms with Gasteiger partial charge in [-0.25, -0.2) is 4.79 Å². The average molecular weight is 321 g/mol. The van der Waals surface area contributed by atoms with Gasteiger partial charge >= 0.3 is 6.03 Å². The lowest BCUT2D eigenvalue weighted by molar-refractivity contribution is 0.262. The number of rotatable bonds is 2. The Morgan fingerprint density at radius 2 is 1.79 bits per heavy atom. The van der Waals surface area contributed by atoms with E-state index < -0.39 is 6.03 Å². The molecule has 2 aromatic rings. The van der Waals surface area contributed by atoms with Gasteiger partial charge in [0.15, 0.2) is 0 Å². The Bertz CT molecular complexity index is 597. The zero-order valence-corrected chi connectivity index (χ0v) is 11.9. The Balaban J connectivity index is 2.03. The molecule has 19 heavy (non-hydrogen) atoms. The van der Waals surface area contributed by atoms with Gasteiger partial charge in [-0.3, -0.25) is 0 Å². The molecule has 0 spiro atoms. The minimum Gasteiger partial charge on any atom is -0.506 e. The fourth-order valence-electron chi connectivity index (χ4n) is 1.57. The van der Waals surface area contributed by atoms with Gasteiger partial charge in [-0.15, -0.1) is 0 Å². The minimum atomic E-state index is -0.401. The molecular formula is C14H13BrN2O2. The Hall–Kier alpha value is -2.01. The fraction of sp³-hybridized carbons (Fsp3) is 0.0714. The number of hydrogen-bond donors (Lipinski definition) is 3. The van der Waals surface area contributed by atoms with E-state index in [1.807, 2.05) is 25.1 Å². The predicted octanol–water partition coefficient (Wildman–Crippen LogP) is 4.11. The van der Waals surface area contributed by atoms with E-state index >= 15 is 0 Å². The van der Waals surface area contributed by atoms with E-state index in [2.05, 4.69) is 26.6 Å². The molecule has 0 aliphatic heterocycles. The number of urea groups is 1. The summed E-state index contributed by atoms with van der Waals surface area (Å²) in [5.41, 5.74) is 1.98. The van der Waals surface area contributed by atoms with Crippen molar-refractivity contribution in [2.75, 3.05) is 10.6 Å². The van der Waals surface area contributed by atoms with Crippen LogP contribution in [0.2, 0.25) is 0 Å². The van der Waals surface area contributed by atoms with E-state index in [9.17, 15) is 9.90 Å². The van der Waals surface area contributed by atoms with Crippen molar-refractivity contribution in [1.82, 2.24) is 0 Å². The van der Waals surface area contributed by atoms with Crippen molar-refractivity contribution in [1.29, 1.82) is 0 Å². The first-order chi connectivity index (χ1) is 9.04. The van der Waals surface area contributed by atoms with Crippen LogP contribution in [0.4, 0.5) is 16.2 Å². The molecule has 0 heterocycles. The first kappa shape index (κ1) is 13.4. The van der Waals surface area contributed by atoms with Gasteiger partial charge in [-0.2, -0.15) is 0 Å². The van der Waals surface area contributed by atoms with Crippen LogP contribution in [0.5, 0.6) is 5.75 Å². The summed E-state index contributed by atoms with van der Waals surface area (Å²) in [5.74, 6) is 0.0472. The highest BCUT2D eigenvalue weighted by atomic mass is 79.9. The molecule has 0 fully saturated rings. The van der Waals surface area contributed by atoms with Gasteiger partial charge in [0, 0.05) is 10.2 Å². The third kappa shape index (κ3) is 3.72. The van der Waals surface area contributed by atoms with E-state index in [0.717, 1.165) is 10.0 Å². The number of halogens is 1. The first-order valence-electron chi connectivity index (χ1n) is 5.68. The molecule has 0 aliphatic carbocycles. The quantitative estimate of drug-likeness (QED) is 0.729. The second-order valence-electron chi connectivity index (χ2n) is 4.11. The number of aromatic hydroxyl groups is 1. The number of aryl methyl sites for hydroxylation is 1. The maximum atomic E-state index is 11.8. The summed E-state index contributed by atoms with van der Waals surface area (Å²) < 4.78 is 0.939. The van der Waals surface area contributed by atoms with Gasteiger partial charge in [-0.1, -0.05) is 22.0 Å². The minimum absolute atomic E-state index is 0.0472. The van der Waals surface area contributed by atoms with E-state index in [-0.39, 0.29) is 5.75 Å². The van der Waals surface area contributed by atoms with Crippen molar-refractivity contribution in [2.24, 2.45) is 0 Å². The molecule has 2 aromatic carbocycles. The van der Waals surface area contributed by atoms with Gasteiger partial charge < -0.3 is 15.7 Å². The van der Waals surface area contributed by atoms with Crippen molar-refractivity contribution in [3.05, 3.63) is 52.5 Å². The van der Waals surface area contributed by atoms with Crippen LogP contribution in [-0.4, -0.2) is 11.1 Å². The molecular weight excluding hydrogens is 308 g/mol. The monoisotopic (exact) mass is 320 g/mol. The lowest BCUT2D eigenvalue weighted by atomic mass is 10.2. The molecule has 3 N–H and O–H groups in total. The summed E-state index contributed by atoms with van der Waals surface area (Å²) in [4.78, 5) is 11.8. The van der Waals surface area contributed by atoms with Crippen molar-refractivity contribution in [2.45, 2.75) is 6.92 Å². The largest absolute Gasteiger partial charge is 0.506 e. The number of phenolic OH excluding ortho intramolecular Hbond substituents is 1. The number of benzene rings is 2. The molecule has 0 aromatic heterocycles. The highest BCUT2D eigenvalue weighted by Crippen LogP contribution is 2.24. The normalized spacial score (nSPS) is 10.0. The molecule has 0 unspecified atom stereocenters. The molecule has 0 saturated carbocycles. The van der Waals surface area contributed by atoms with E-state index in [1.54, 1.807) is 24.3 Å². The standard InChI is InChI=1S/C14H13BrN2O2/c1-9-2-7-12(13(18)8-9)17-14(19)16-11-5-3-10(15)4-6-11/h2-8,18H,1H3,(H2,16,17,19). The van der Waals surface area contributed by atoms with Crippen LogP contribution in [0.1, 0.15) is 5.56 Å². The summed E-state index contributed by atoms with van der Waals surface area (Å²) >= 11 is 3.32. The summed E-state index contributed by atoms with van der Waals surface area (Å²) in [6.45, 7) is 1.87. The van der Waals surface area contributed by atoms with Gasteiger partial charge in [-0.05, 0) is 48.9 Å². The van der Waals surface area contributed by atoms with Crippen molar-refractivity contribution < 1.29 is 9.90 Å². The second-order valence-corrected chi connectivity index (χ2v) is 5.02. The maximum Gasteiger partial charge on any atom is 0.323 e. The van der Waals surface area contributed by atoms with Gasteiger partial charge in [0.05, 0.1) is 5.69 Å². The highest BCUT2D eigenvalue weighted by Gasteiger charge is 2.06. The molecule has 0 saturated heterocycles. The summed E-state index contributed by atoms with van der Waals surface area (Å²) in [6.07, 6.45) is 0. The molecule has 0 atom stereocenters. The van der Waals surface area contributed by atoms with Crippen molar-refractivity contribution in [3.63, 3.8) is 0 Å². The van der Waals surface area contributed by atoms with Crippen molar-refractivity contribution >= 4 is 33.3 Å². The Morgan fingerprint density at radius 1 is 1.11 bits per heavy atom. The highest BCUT2D eigenvalue weighted by molar-refractivity contribution is 9.10. The number of hydrogen-bond acceptors (Lipinski definition) is 2. The second kappa shape index (κ2) is 5.75. The number of anilines is 2. The lowest BCUT2D eigenvalue weighted by Crippen LogP contribution is -2.19. The van der Waals surface area contributed by atoms with Crippen LogP contribution in [0, 0.1) is 6.92 Å². The van der Waals surface area contributed by atoms with E-state index in [1.165, 1.54) is 0 Å². The number of carbonyl (C=O) groups is 1. The van der Waals surface area contributed by atoms with Crippen molar-refractivity contribution in [3.8, 4) is 5.75 Å². The smallest absolute Gasteiger partial charge is 0.323 e. The van der Waals surface area contributed by atoms with Gasteiger partial charge in [0.1, 0.15) is 5.75 Å². The maximum absolute atomic E-state index is 11.8. The van der Waals surface area contributed by atoms with Crippen LogP contribution in [0.15, 0.2) is 46.9 Å². The van der Waals surface area contributed by atoms with Gasteiger partial charge in [0.25, 0.3) is 0 Å². The zero-order valence-electron chi connectivity index (χ0n) is 10.3. The Morgan fingerprint density at radius 3 is 2.42 bits per heavy atom. The van der Waals surface area contributed by atoms with E-state index in [0.29, 0.717) is 11.4 Å². The zero-order chi connectivity index (χ0) is 13.8. The average Bonchev–Trinajstić information content (AvgIpc) is 2.36. The van der Waals surface area contributed by atoms with Crippen LogP contribution in [-0.2, 0) is 0 Å². The van der Waals surface area contributed by atoms with Crippen LogP contribution in [0.25, 0.3) is 0 Å². The molecule has 2 amide bonds. The molecule has 2 rings (SSSR count). The Labute approximate surface area is 119 Å². The summed E-state index contributed by atoms with van der Waals surface area (Å²) in [5, 5.41) is 15.0. The third-order valence-corrected chi connectivity index (χ3v) is 3.03. The predicted molar refractivity (Wildman–Crippen MR) is 79.6 cm³/mol. The lowest BCUT2D eigenvalue weighted by Gasteiger charge is -2.09. The fourth-order valence-corrected chi connectivity index (χ4v) is 1.83. The number of carbonyl (C=O) groups excluding carboxylic acids is 1. The topological polar surface area (TPSA) is 61.4 Å². The van der Waals surface area contributed by atoms with Crippen LogP contribution in [0.3, 0.4) is 0 Å². The Kier molecular flexibility index (Phi) is 4.06.